The van der Waals surface area contributed by atoms with Gasteiger partial charge in [0, 0.05) is 29.2 Å². The standard InChI is InChI=1S/C15H20N2O2S2/c1-15(2)10-17(7-8-21-15)13(18)9-19-12-5-3-11(4-6-12)14(16)20/h3-6H,7-10H2,1-2H3,(H2,16,20). The highest BCUT2D eigenvalue weighted by Crippen LogP contribution is 2.29. The van der Waals surface area contributed by atoms with E-state index in [0.29, 0.717) is 10.7 Å². The quantitative estimate of drug-likeness (QED) is 0.859. The van der Waals surface area contributed by atoms with Gasteiger partial charge in [0.15, 0.2) is 6.61 Å². The first-order chi connectivity index (χ1) is 9.87. The minimum absolute atomic E-state index is 0.0294. The maximum Gasteiger partial charge on any atom is 0.260 e. The van der Waals surface area contributed by atoms with Gasteiger partial charge in [-0.2, -0.15) is 11.8 Å². The fourth-order valence-electron chi connectivity index (χ4n) is 2.18. The lowest BCUT2D eigenvalue weighted by molar-refractivity contribution is -0.133. The van der Waals surface area contributed by atoms with Crippen molar-refractivity contribution in [1.82, 2.24) is 4.90 Å². The van der Waals surface area contributed by atoms with Crippen molar-refractivity contribution in [3.05, 3.63) is 29.8 Å². The third-order valence-electron chi connectivity index (χ3n) is 3.28. The van der Waals surface area contributed by atoms with Crippen molar-refractivity contribution in [2.24, 2.45) is 5.73 Å². The van der Waals surface area contributed by atoms with Gasteiger partial charge in [-0.25, -0.2) is 0 Å². The van der Waals surface area contributed by atoms with Gasteiger partial charge >= 0.3 is 0 Å². The van der Waals surface area contributed by atoms with Gasteiger partial charge in [-0.1, -0.05) is 12.2 Å². The van der Waals surface area contributed by atoms with E-state index in [1.54, 1.807) is 24.3 Å². The summed E-state index contributed by atoms with van der Waals surface area (Å²) in [6, 6.07) is 7.14. The van der Waals surface area contributed by atoms with E-state index in [9.17, 15) is 4.79 Å². The molecule has 0 radical (unpaired) electrons. The van der Waals surface area contributed by atoms with Crippen LogP contribution < -0.4 is 10.5 Å². The normalized spacial score (nSPS) is 17.3. The SMILES string of the molecule is CC1(C)CN(C(=O)COc2ccc(C(N)=S)cc2)CCS1. The zero-order chi connectivity index (χ0) is 15.5. The number of rotatable bonds is 4. The Morgan fingerprint density at radius 1 is 1.43 bits per heavy atom. The van der Waals surface area contributed by atoms with E-state index in [1.165, 1.54) is 0 Å². The highest BCUT2D eigenvalue weighted by molar-refractivity contribution is 8.00. The number of hydrogen-bond donors (Lipinski definition) is 1. The molecular formula is C15H20N2O2S2. The molecule has 1 saturated heterocycles. The summed E-state index contributed by atoms with van der Waals surface area (Å²) < 4.78 is 5.66. The molecule has 1 fully saturated rings. The number of nitrogens with zero attached hydrogens (tertiary/aromatic N) is 1. The molecule has 2 rings (SSSR count). The summed E-state index contributed by atoms with van der Waals surface area (Å²) in [6.07, 6.45) is 0. The molecule has 6 heteroatoms. The molecule has 2 N–H and O–H groups in total. The van der Waals surface area contributed by atoms with Crippen molar-refractivity contribution in [1.29, 1.82) is 0 Å². The second-order valence-corrected chi connectivity index (χ2v) is 7.84. The number of ether oxygens (including phenoxy) is 1. The fraction of sp³-hybridized carbons (Fsp3) is 0.467. The van der Waals surface area contributed by atoms with Gasteiger partial charge in [0.25, 0.3) is 5.91 Å². The summed E-state index contributed by atoms with van der Waals surface area (Å²) >= 11 is 6.79. The smallest absolute Gasteiger partial charge is 0.260 e. The van der Waals surface area contributed by atoms with E-state index in [4.69, 9.17) is 22.7 Å². The van der Waals surface area contributed by atoms with E-state index in [2.05, 4.69) is 13.8 Å². The van der Waals surface area contributed by atoms with Crippen LogP contribution in [0.2, 0.25) is 0 Å². The summed E-state index contributed by atoms with van der Waals surface area (Å²) in [7, 11) is 0. The Kier molecular flexibility index (Phi) is 5.11. The van der Waals surface area contributed by atoms with Crippen LogP contribution in [0.1, 0.15) is 19.4 Å². The molecular weight excluding hydrogens is 304 g/mol. The summed E-state index contributed by atoms with van der Waals surface area (Å²) in [5.41, 5.74) is 6.33. The average molecular weight is 324 g/mol. The molecule has 1 aliphatic heterocycles. The van der Waals surface area contributed by atoms with Crippen LogP contribution >= 0.6 is 24.0 Å². The predicted molar refractivity (Wildman–Crippen MR) is 90.9 cm³/mol. The lowest BCUT2D eigenvalue weighted by atomic mass is 10.2. The summed E-state index contributed by atoms with van der Waals surface area (Å²) in [6.45, 7) is 5.93. The van der Waals surface area contributed by atoms with Gasteiger partial charge < -0.3 is 15.4 Å². The number of carbonyl (C=O) groups is 1. The van der Waals surface area contributed by atoms with Crippen molar-refractivity contribution < 1.29 is 9.53 Å². The van der Waals surface area contributed by atoms with Gasteiger partial charge in [-0.05, 0) is 38.1 Å². The summed E-state index contributed by atoms with van der Waals surface area (Å²) in [5, 5.41) is 0. The molecule has 0 atom stereocenters. The number of hydrogen-bond acceptors (Lipinski definition) is 4. The van der Waals surface area contributed by atoms with Crippen LogP contribution in [-0.2, 0) is 4.79 Å². The van der Waals surface area contributed by atoms with Crippen molar-refractivity contribution >= 4 is 34.9 Å². The molecule has 4 nitrogen and oxygen atoms in total. The van der Waals surface area contributed by atoms with Gasteiger partial charge in [-0.15, -0.1) is 0 Å². The van der Waals surface area contributed by atoms with Crippen LogP contribution in [0.15, 0.2) is 24.3 Å². The second-order valence-electron chi connectivity index (χ2n) is 5.60. The Balaban J connectivity index is 1.87. The zero-order valence-corrected chi connectivity index (χ0v) is 13.9. The number of carbonyl (C=O) groups excluding carboxylic acids is 1. The number of thioether (sulfide) groups is 1. The molecule has 0 spiro atoms. The van der Waals surface area contributed by atoms with E-state index in [0.717, 1.165) is 24.4 Å². The highest BCUT2D eigenvalue weighted by atomic mass is 32.2. The number of benzene rings is 1. The van der Waals surface area contributed by atoms with Gasteiger partial charge in [0.05, 0.1) is 0 Å². The molecule has 1 aromatic rings. The summed E-state index contributed by atoms with van der Waals surface area (Å²) in [4.78, 5) is 14.4. The van der Waals surface area contributed by atoms with Gasteiger partial charge in [0.1, 0.15) is 10.7 Å². The second kappa shape index (κ2) is 6.66. The monoisotopic (exact) mass is 324 g/mol. The predicted octanol–water partition coefficient (Wildman–Crippen LogP) is 2.05. The van der Waals surface area contributed by atoms with Crippen LogP contribution in [0.4, 0.5) is 0 Å². The molecule has 1 aromatic carbocycles. The minimum atomic E-state index is 0.0294. The van der Waals surface area contributed by atoms with Crippen molar-refractivity contribution in [2.75, 3.05) is 25.4 Å². The molecule has 1 heterocycles. The lowest BCUT2D eigenvalue weighted by Gasteiger charge is -2.37. The average Bonchev–Trinajstić information content (AvgIpc) is 2.44. The Labute approximate surface area is 135 Å². The molecule has 0 aromatic heterocycles. The van der Waals surface area contributed by atoms with Crippen LogP contribution in [0, 0.1) is 0 Å². The van der Waals surface area contributed by atoms with Gasteiger partial charge in [0.2, 0.25) is 0 Å². The first-order valence-corrected chi connectivity index (χ1v) is 8.21. The largest absolute Gasteiger partial charge is 0.484 e. The van der Waals surface area contributed by atoms with Gasteiger partial charge in [-0.3, -0.25) is 4.79 Å². The highest BCUT2D eigenvalue weighted by Gasteiger charge is 2.29. The number of thiocarbonyl (C=S) groups is 1. The van der Waals surface area contributed by atoms with Crippen LogP contribution in [0.25, 0.3) is 0 Å². The maximum atomic E-state index is 12.2. The molecule has 1 aliphatic rings. The van der Waals surface area contributed by atoms with E-state index in [1.807, 2.05) is 16.7 Å². The van der Waals surface area contributed by atoms with Crippen molar-refractivity contribution in [2.45, 2.75) is 18.6 Å². The maximum absolute atomic E-state index is 12.2. The Hall–Kier alpha value is -1.27. The third-order valence-corrected chi connectivity index (χ3v) is 4.81. The third kappa shape index (κ3) is 4.61. The van der Waals surface area contributed by atoms with Crippen LogP contribution in [0.3, 0.4) is 0 Å². The van der Waals surface area contributed by atoms with E-state index >= 15 is 0 Å². The molecule has 1 amide bonds. The fourth-order valence-corrected chi connectivity index (χ4v) is 3.43. The molecule has 21 heavy (non-hydrogen) atoms. The van der Waals surface area contributed by atoms with Crippen molar-refractivity contribution in [3.8, 4) is 5.75 Å². The molecule has 0 saturated carbocycles. The molecule has 0 unspecified atom stereocenters. The van der Waals surface area contributed by atoms with E-state index in [-0.39, 0.29) is 17.3 Å². The van der Waals surface area contributed by atoms with Crippen molar-refractivity contribution in [3.63, 3.8) is 0 Å². The van der Waals surface area contributed by atoms with Crippen LogP contribution in [0.5, 0.6) is 5.75 Å². The first-order valence-electron chi connectivity index (χ1n) is 6.82. The topological polar surface area (TPSA) is 55.6 Å². The Morgan fingerprint density at radius 3 is 2.67 bits per heavy atom. The number of nitrogens with two attached hydrogens (primary N) is 1. The first kappa shape index (κ1) is 16.1. The lowest BCUT2D eigenvalue weighted by Crippen LogP contribution is -2.47. The number of amides is 1. The van der Waals surface area contributed by atoms with Crippen LogP contribution in [-0.4, -0.2) is 46.0 Å². The Morgan fingerprint density at radius 2 is 2.10 bits per heavy atom. The Bertz CT molecular complexity index is 529. The van der Waals surface area contributed by atoms with E-state index < -0.39 is 0 Å². The zero-order valence-electron chi connectivity index (χ0n) is 12.3. The molecule has 0 aliphatic carbocycles. The molecule has 114 valence electrons. The minimum Gasteiger partial charge on any atom is -0.484 e. The summed E-state index contributed by atoms with van der Waals surface area (Å²) in [5.74, 6) is 1.65. The molecule has 0 bridgehead atoms.